The molecule has 2 unspecified atom stereocenters. The molecule has 1 aromatic heterocycles. The number of benzene rings is 1. The maximum atomic E-state index is 12.1. The average Bonchev–Trinajstić information content (AvgIpc) is 3.05. The number of aliphatic hydroxyl groups excluding tert-OH is 1. The Morgan fingerprint density at radius 1 is 1.32 bits per heavy atom. The number of rotatable bonds is 10. The third-order valence-electron chi connectivity index (χ3n) is 4.99. The van der Waals surface area contributed by atoms with Gasteiger partial charge in [0.05, 0.1) is 5.92 Å². The van der Waals surface area contributed by atoms with Gasteiger partial charge in [-0.15, -0.1) is 5.43 Å². The molecule has 202 valence electrons. The van der Waals surface area contributed by atoms with Gasteiger partial charge in [0.2, 0.25) is 0 Å². The second-order valence-corrected chi connectivity index (χ2v) is 11.5. The molecule has 0 saturated carbocycles. The number of nitrogens with one attached hydrogen (secondary N) is 2. The molecule has 13 nitrogen and oxygen atoms in total. The Balaban J connectivity index is 1.54. The highest BCUT2D eigenvalue weighted by molar-refractivity contribution is 9.10. The molecule has 0 radical (unpaired) electrons. The van der Waals surface area contributed by atoms with Crippen LogP contribution in [0, 0.1) is 5.92 Å². The summed E-state index contributed by atoms with van der Waals surface area (Å²) >= 11 is 9.61. The van der Waals surface area contributed by atoms with E-state index in [0.29, 0.717) is 5.75 Å². The molecule has 0 amide bonds. The van der Waals surface area contributed by atoms with Gasteiger partial charge in [0.15, 0.2) is 22.0 Å². The second kappa shape index (κ2) is 12.5. The van der Waals surface area contributed by atoms with Crippen LogP contribution in [-0.2, 0) is 14.3 Å². The van der Waals surface area contributed by atoms with Crippen molar-refractivity contribution in [3.8, 4) is 11.5 Å². The molecule has 1 aliphatic heterocycles. The van der Waals surface area contributed by atoms with Crippen molar-refractivity contribution in [2.75, 3.05) is 6.61 Å². The Morgan fingerprint density at radius 2 is 1.97 bits per heavy atom. The number of carbonyl (C=O) groups excluding carboxylic acids is 1. The van der Waals surface area contributed by atoms with Gasteiger partial charge in [0, 0.05) is 17.1 Å². The lowest BCUT2D eigenvalue weighted by molar-refractivity contribution is -0.170. The number of aliphatic hydroxyl groups is 1. The van der Waals surface area contributed by atoms with Gasteiger partial charge in [-0.2, -0.15) is 0 Å². The topological polar surface area (TPSA) is 177 Å². The van der Waals surface area contributed by atoms with Crippen LogP contribution in [0.15, 0.2) is 51.0 Å². The summed E-state index contributed by atoms with van der Waals surface area (Å²) in [4.78, 5) is 52.8. The maximum Gasteiger partial charge on any atom is 0.412 e. The van der Waals surface area contributed by atoms with Crippen LogP contribution in [-0.4, -0.2) is 49.5 Å². The molecule has 16 heteroatoms. The molecule has 2 aromatic rings. The summed E-state index contributed by atoms with van der Waals surface area (Å²) in [5, 5.41) is 10.6. The zero-order valence-corrected chi connectivity index (χ0v) is 23.1. The lowest BCUT2D eigenvalue weighted by Crippen LogP contribution is -2.41. The number of aromatic amines is 1. The van der Waals surface area contributed by atoms with Gasteiger partial charge < -0.3 is 24.2 Å². The molecule has 0 spiro atoms. The van der Waals surface area contributed by atoms with Gasteiger partial charge in [0.1, 0.15) is 24.6 Å². The van der Waals surface area contributed by atoms with E-state index in [1.165, 1.54) is 37.4 Å². The number of carbonyl (C=O) groups is 1. The minimum Gasteiger partial charge on any atom is -0.574 e. The van der Waals surface area contributed by atoms with E-state index in [0.717, 1.165) is 10.6 Å². The van der Waals surface area contributed by atoms with Gasteiger partial charge in [0.25, 0.3) is 5.56 Å². The summed E-state index contributed by atoms with van der Waals surface area (Å²) in [6.07, 6.45) is -2.91. The molecular formula is C21H25BrClN4O9P. The maximum absolute atomic E-state index is 12.1. The minimum absolute atomic E-state index is 0.128. The van der Waals surface area contributed by atoms with Crippen molar-refractivity contribution in [2.24, 2.45) is 10.8 Å². The lowest BCUT2D eigenvalue weighted by atomic mass is 10.2. The average molecular weight is 624 g/mol. The fourth-order valence-electron chi connectivity index (χ4n) is 3.07. The van der Waals surface area contributed by atoms with Crippen molar-refractivity contribution in [2.45, 2.75) is 49.2 Å². The van der Waals surface area contributed by atoms with Crippen LogP contribution >= 0.6 is 35.7 Å². The molecule has 0 bridgehead atoms. The Bertz CT molecular complexity index is 1240. The Morgan fingerprint density at radius 3 is 2.59 bits per heavy atom. The first-order valence-electron chi connectivity index (χ1n) is 11.0. The van der Waals surface area contributed by atoms with Crippen molar-refractivity contribution in [3.05, 3.63) is 57.4 Å². The third-order valence-corrected chi connectivity index (χ3v) is 6.91. The first-order chi connectivity index (χ1) is 17.4. The molecule has 3 rings (SSSR count). The minimum atomic E-state index is -2.49. The van der Waals surface area contributed by atoms with Gasteiger partial charge in [-0.1, -0.05) is 41.4 Å². The van der Waals surface area contributed by atoms with Crippen LogP contribution in [0.25, 0.3) is 0 Å². The predicted octanol–water partition coefficient (Wildman–Crippen LogP) is 1.49. The largest absolute Gasteiger partial charge is 0.574 e. The summed E-state index contributed by atoms with van der Waals surface area (Å²) in [5.41, 5.74) is 1.10. The number of H-pyrrole nitrogens is 1. The van der Waals surface area contributed by atoms with Crippen molar-refractivity contribution < 1.29 is 33.5 Å². The van der Waals surface area contributed by atoms with Crippen molar-refractivity contribution in [1.29, 1.82) is 0 Å². The van der Waals surface area contributed by atoms with Crippen LogP contribution in [0.1, 0.15) is 27.0 Å². The van der Waals surface area contributed by atoms with E-state index in [1.807, 2.05) is 0 Å². The molecule has 6 atom stereocenters. The number of halogens is 2. The van der Waals surface area contributed by atoms with Gasteiger partial charge in [-0.25, -0.2) is 4.79 Å². The number of aromatic nitrogens is 2. The normalized spacial score (nSPS) is 24.6. The highest BCUT2D eigenvalue weighted by Crippen LogP contribution is 2.47. The molecule has 1 fully saturated rings. The number of hydrogen-bond acceptors (Lipinski definition) is 10. The predicted molar refractivity (Wildman–Crippen MR) is 134 cm³/mol. The van der Waals surface area contributed by atoms with Crippen molar-refractivity contribution >= 4 is 41.7 Å². The molecule has 37 heavy (non-hydrogen) atoms. The van der Waals surface area contributed by atoms with Crippen LogP contribution in [0.2, 0.25) is 0 Å². The van der Waals surface area contributed by atoms with Crippen LogP contribution < -0.4 is 30.8 Å². The van der Waals surface area contributed by atoms with Crippen LogP contribution in [0.5, 0.6) is 11.5 Å². The summed E-state index contributed by atoms with van der Waals surface area (Å²) in [7, 11) is -2.49. The van der Waals surface area contributed by atoms with E-state index in [-0.39, 0.29) is 18.3 Å². The molecule has 1 aliphatic rings. The number of hydrogen-bond donors (Lipinski definition) is 3. The SMILES string of the molecule is CC(N/N=[P+](\[O-])Oc1ccc(OC[C@H]2O[C@@H](n3ccc(=O)[nH]c3=O)[C@](Cl)(Br)[C@@H]2O)cc1)OC(=O)C(C)C. The van der Waals surface area contributed by atoms with E-state index in [9.17, 15) is 24.4 Å². The molecule has 3 N–H and O–H groups in total. The lowest BCUT2D eigenvalue weighted by Gasteiger charge is -2.24. The van der Waals surface area contributed by atoms with Gasteiger partial charge in [-0.3, -0.25) is 23.7 Å². The Kier molecular flexibility index (Phi) is 9.86. The Hall–Kier alpha value is -2.32. The fourth-order valence-corrected chi connectivity index (χ4v) is 4.59. The van der Waals surface area contributed by atoms with Gasteiger partial charge >= 0.3 is 19.8 Å². The number of ether oxygens (including phenoxy) is 3. The summed E-state index contributed by atoms with van der Waals surface area (Å²) in [6, 6.07) is 7.18. The van der Waals surface area contributed by atoms with E-state index < -0.39 is 53.8 Å². The standard InChI is InChI=1S/C21H25BrClN4O9P/c1-11(2)18(30)34-12(3)25-26-37(32)36-14-6-4-13(5-7-14)33-10-15-17(29)21(22,23)19(35-15)27-9-8-16(28)24-20(27)31/h4-9,11-12,15,17,19,25,29H,10H2,1-3H3,(H,24,28,31)/t12?,15-,17-,19-,21+/m1/s1. The van der Waals surface area contributed by atoms with Crippen LogP contribution in [0.3, 0.4) is 0 Å². The van der Waals surface area contributed by atoms with Crippen molar-refractivity contribution in [1.82, 2.24) is 15.0 Å². The molecule has 2 heterocycles. The quantitative estimate of drug-likeness (QED) is 0.116. The zero-order valence-electron chi connectivity index (χ0n) is 19.9. The van der Waals surface area contributed by atoms with E-state index in [2.05, 4.69) is 31.2 Å². The molecule has 1 saturated heterocycles. The van der Waals surface area contributed by atoms with E-state index in [1.54, 1.807) is 13.8 Å². The van der Waals surface area contributed by atoms with Crippen LogP contribution in [0.4, 0.5) is 0 Å². The van der Waals surface area contributed by atoms with Gasteiger partial charge in [-0.05, 0) is 31.2 Å². The molecule has 0 aliphatic carbocycles. The summed E-state index contributed by atoms with van der Waals surface area (Å²) in [5.74, 6) is -0.119. The monoisotopic (exact) mass is 622 g/mol. The summed E-state index contributed by atoms with van der Waals surface area (Å²) < 4.78 is 21.2. The second-order valence-electron chi connectivity index (χ2n) is 8.24. The first-order valence-corrected chi connectivity index (χ1v) is 13.3. The number of esters is 1. The van der Waals surface area contributed by atoms with E-state index >= 15 is 0 Å². The highest BCUT2D eigenvalue weighted by Gasteiger charge is 2.55. The third kappa shape index (κ3) is 7.60. The van der Waals surface area contributed by atoms with E-state index in [4.69, 9.17) is 30.3 Å². The smallest absolute Gasteiger partial charge is 0.412 e. The number of nitrogens with zero attached hydrogens (tertiary/aromatic N) is 2. The number of alkyl halides is 2. The highest BCUT2D eigenvalue weighted by atomic mass is 79.9. The first kappa shape index (κ1) is 29.2. The summed E-state index contributed by atoms with van der Waals surface area (Å²) in [6.45, 7) is 4.78. The molecular weight excluding hydrogens is 599 g/mol. The fraction of sp³-hybridized carbons (Fsp3) is 0.476. The zero-order chi connectivity index (χ0) is 27.3. The molecule has 1 aromatic carbocycles. The van der Waals surface area contributed by atoms with Crippen molar-refractivity contribution in [3.63, 3.8) is 0 Å². The Labute approximate surface area is 225 Å².